The maximum absolute atomic E-state index is 13.2. The average molecular weight is 1070 g/mol. The molecule has 8 N–H and O–H groups in total. The van der Waals surface area contributed by atoms with Crippen molar-refractivity contribution in [1.29, 1.82) is 0 Å². The van der Waals surface area contributed by atoms with Crippen molar-refractivity contribution in [2.45, 2.75) is 364 Å². The highest BCUT2D eigenvalue weighted by molar-refractivity contribution is 5.80. The first-order chi connectivity index (χ1) is 36.7. The summed E-state index contributed by atoms with van der Waals surface area (Å²) in [7, 11) is 0. The molecular formula is C64H123NO10. The van der Waals surface area contributed by atoms with Crippen LogP contribution < -0.4 is 5.32 Å². The van der Waals surface area contributed by atoms with Crippen LogP contribution in [0.1, 0.15) is 309 Å². The second-order valence-electron chi connectivity index (χ2n) is 22.8. The van der Waals surface area contributed by atoms with Gasteiger partial charge < -0.3 is 50.5 Å². The number of aliphatic hydroxyl groups is 7. The van der Waals surface area contributed by atoms with Gasteiger partial charge in [-0.25, -0.2) is 0 Å². The molecule has 1 rings (SSSR count). The number of nitrogens with one attached hydrogen (secondary N) is 1. The Balaban J connectivity index is 2.11. The normalized spacial score (nSPS) is 19.8. The predicted octanol–water partition coefficient (Wildman–Crippen LogP) is 14.5. The summed E-state index contributed by atoms with van der Waals surface area (Å²) in [5.74, 6) is -0.706. The predicted molar refractivity (Wildman–Crippen MR) is 312 cm³/mol. The van der Waals surface area contributed by atoms with Gasteiger partial charge >= 0.3 is 0 Å². The fraction of sp³-hybridized carbons (Fsp3) is 0.922. The van der Waals surface area contributed by atoms with Crippen molar-refractivity contribution >= 4 is 5.91 Å². The summed E-state index contributed by atoms with van der Waals surface area (Å²) in [6.45, 7) is 3.42. The smallest absolute Gasteiger partial charge is 0.249 e. The zero-order valence-electron chi connectivity index (χ0n) is 48.8. The van der Waals surface area contributed by atoms with E-state index in [4.69, 9.17) is 9.47 Å². The Hall–Kier alpha value is -1.41. The van der Waals surface area contributed by atoms with E-state index in [1.807, 2.05) is 0 Å². The van der Waals surface area contributed by atoms with Gasteiger partial charge in [0.1, 0.15) is 36.6 Å². The lowest BCUT2D eigenvalue weighted by Gasteiger charge is -2.40. The van der Waals surface area contributed by atoms with Gasteiger partial charge in [-0.05, 0) is 51.4 Å². The third-order valence-corrected chi connectivity index (χ3v) is 15.7. The van der Waals surface area contributed by atoms with Crippen LogP contribution in [0.2, 0.25) is 0 Å². The number of aliphatic hydroxyl groups excluding tert-OH is 7. The van der Waals surface area contributed by atoms with Crippen LogP contribution >= 0.6 is 0 Å². The number of carbonyl (C=O) groups is 1. The van der Waals surface area contributed by atoms with Crippen molar-refractivity contribution in [3.63, 3.8) is 0 Å². The molecule has 444 valence electrons. The molecule has 1 aliphatic heterocycles. The molecule has 0 radical (unpaired) electrons. The number of carbonyl (C=O) groups excluding carboxylic acids is 1. The van der Waals surface area contributed by atoms with E-state index >= 15 is 0 Å². The summed E-state index contributed by atoms with van der Waals surface area (Å²) in [6.07, 6.45) is 54.4. The molecule has 1 heterocycles. The molecule has 9 unspecified atom stereocenters. The lowest BCUT2D eigenvalue weighted by molar-refractivity contribution is -0.303. The van der Waals surface area contributed by atoms with Crippen LogP contribution in [0.25, 0.3) is 0 Å². The first kappa shape index (κ1) is 71.6. The molecule has 0 bridgehead atoms. The summed E-state index contributed by atoms with van der Waals surface area (Å²) in [5, 5.41) is 76.0. The van der Waals surface area contributed by atoms with Gasteiger partial charge in [0.2, 0.25) is 5.91 Å². The van der Waals surface area contributed by atoms with Crippen LogP contribution in [0.5, 0.6) is 0 Å². The number of ether oxygens (including phenoxy) is 2. The molecule has 0 aromatic rings. The lowest BCUT2D eigenvalue weighted by atomic mass is 9.98. The Morgan fingerprint density at radius 3 is 1.19 bits per heavy atom. The first-order valence-corrected chi connectivity index (χ1v) is 32.2. The van der Waals surface area contributed by atoms with Gasteiger partial charge in [0.25, 0.3) is 0 Å². The quantitative estimate of drug-likeness (QED) is 0.0215. The molecule has 9 atom stereocenters. The molecule has 0 aliphatic carbocycles. The average Bonchev–Trinajstić information content (AvgIpc) is 3.41. The monoisotopic (exact) mass is 1070 g/mol. The minimum absolute atomic E-state index is 0.248. The molecule has 1 fully saturated rings. The third-order valence-electron chi connectivity index (χ3n) is 15.7. The van der Waals surface area contributed by atoms with Gasteiger partial charge in [0.15, 0.2) is 6.29 Å². The number of hydrogen-bond donors (Lipinski definition) is 8. The maximum Gasteiger partial charge on any atom is 0.249 e. The second kappa shape index (κ2) is 53.2. The molecular weight excluding hydrogens is 943 g/mol. The van der Waals surface area contributed by atoms with Crippen LogP contribution in [0.3, 0.4) is 0 Å². The second-order valence-corrected chi connectivity index (χ2v) is 22.8. The molecule has 1 aliphatic rings. The van der Waals surface area contributed by atoms with E-state index in [0.717, 1.165) is 38.5 Å². The first-order valence-electron chi connectivity index (χ1n) is 32.2. The summed E-state index contributed by atoms with van der Waals surface area (Å²) in [6, 6.07) is -1.19. The molecule has 11 nitrogen and oxygen atoms in total. The Morgan fingerprint density at radius 1 is 0.453 bits per heavy atom. The number of amides is 1. The van der Waals surface area contributed by atoms with Crippen molar-refractivity contribution in [3.05, 3.63) is 24.3 Å². The standard InChI is InChI=1S/C64H123NO10/c1-3-5-7-9-11-13-15-17-18-19-20-21-22-23-24-25-26-27-28-29-30-31-32-33-34-35-36-37-38-39-40-42-44-46-48-50-52-57(68)63(73)65-55(54-74-64-62(72)61(71)60(70)58(53-66)75-64)59(69)56(67)51-49-47-45-43-41-16-14-12-10-8-6-4-2/h12,14,43,45,55-62,64,66-72H,3-11,13,15-42,44,46-54H2,1-2H3,(H,65,73)/b14-12+,45-43+. The van der Waals surface area contributed by atoms with E-state index in [0.29, 0.717) is 19.3 Å². The van der Waals surface area contributed by atoms with E-state index in [-0.39, 0.29) is 12.8 Å². The van der Waals surface area contributed by atoms with E-state index in [1.54, 1.807) is 0 Å². The summed E-state index contributed by atoms with van der Waals surface area (Å²) < 4.78 is 11.1. The zero-order chi connectivity index (χ0) is 54.7. The molecule has 0 aromatic heterocycles. The van der Waals surface area contributed by atoms with E-state index in [9.17, 15) is 40.5 Å². The summed E-state index contributed by atoms with van der Waals surface area (Å²) in [4.78, 5) is 13.2. The van der Waals surface area contributed by atoms with Crippen LogP contribution in [0, 0.1) is 0 Å². The van der Waals surface area contributed by atoms with Crippen molar-refractivity contribution in [2.24, 2.45) is 0 Å². The Kier molecular flexibility index (Phi) is 50.8. The largest absolute Gasteiger partial charge is 0.394 e. The molecule has 1 amide bonds. The number of allylic oxidation sites excluding steroid dienone is 4. The van der Waals surface area contributed by atoms with Crippen LogP contribution in [0.15, 0.2) is 24.3 Å². The Labute approximate surface area is 461 Å². The fourth-order valence-electron chi connectivity index (χ4n) is 10.5. The van der Waals surface area contributed by atoms with Gasteiger partial charge in [-0.15, -0.1) is 0 Å². The zero-order valence-corrected chi connectivity index (χ0v) is 48.8. The Morgan fingerprint density at radius 2 is 0.800 bits per heavy atom. The Bertz CT molecular complexity index is 1270. The van der Waals surface area contributed by atoms with Gasteiger partial charge in [-0.3, -0.25) is 4.79 Å². The van der Waals surface area contributed by atoms with Gasteiger partial charge in [-0.2, -0.15) is 0 Å². The van der Waals surface area contributed by atoms with Crippen molar-refractivity contribution in [3.8, 4) is 0 Å². The summed E-state index contributed by atoms with van der Waals surface area (Å²) >= 11 is 0. The van der Waals surface area contributed by atoms with E-state index in [2.05, 4.69) is 43.5 Å². The third kappa shape index (κ3) is 41.3. The van der Waals surface area contributed by atoms with Crippen LogP contribution in [-0.2, 0) is 14.3 Å². The van der Waals surface area contributed by atoms with Crippen molar-refractivity contribution in [1.82, 2.24) is 5.32 Å². The molecule has 0 saturated carbocycles. The van der Waals surface area contributed by atoms with Gasteiger partial charge in [0, 0.05) is 0 Å². The van der Waals surface area contributed by atoms with E-state index in [1.165, 1.54) is 225 Å². The minimum Gasteiger partial charge on any atom is -0.394 e. The van der Waals surface area contributed by atoms with Gasteiger partial charge in [-0.1, -0.05) is 282 Å². The van der Waals surface area contributed by atoms with Crippen LogP contribution in [0.4, 0.5) is 0 Å². The number of hydrogen-bond acceptors (Lipinski definition) is 10. The lowest BCUT2D eigenvalue weighted by Crippen LogP contribution is -2.60. The highest BCUT2D eigenvalue weighted by atomic mass is 16.7. The molecule has 0 aromatic carbocycles. The van der Waals surface area contributed by atoms with Crippen molar-refractivity contribution < 1.29 is 50.0 Å². The van der Waals surface area contributed by atoms with E-state index < -0.39 is 74.2 Å². The molecule has 75 heavy (non-hydrogen) atoms. The fourth-order valence-corrected chi connectivity index (χ4v) is 10.5. The summed E-state index contributed by atoms with van der Waals surface area (Å²) in [5.41, 5.74) is 0. The topological polar surface area (TPSA) is 189 Å². The maximum atomic E-state index is 13.2. The van der Waals surface area contributed by atoms with Crippen LogP contribution in [-0.4, -0.2) is 110 Å². The highest BCUT2D eigenvalue weighted by Crippen LogP contribution is 2.24. The molecule has 0 spiro atoms. The molecule has 1 saturated heterocycles. The van der Waals surface area contributed by atoms with Crippen molar-refractivity contribution in [2.75, 3.05) is 13.2 Å². The minimum atomic E-state index is -1.67. The SMILES string of the molecule is CCCCC/C=C/CC/C=C/CCCC(O)C(O)C(COC1OC(CO)C(O)C(O)C1O)NC(=O)C(O)CCCCCCCCCCCCCCCCCCCCCCCCCCCCCCCCCCCCCC. The number of unbranched alkanes of at least 4 members (excludes halogenated alkanes) is 40. The van der Waals surface area contributed by atoms with Gasteiger partial charge in [0.05, 0.1) is 25.4 Å². The molecule has 11 heteroatoms. The highest BCUT2D eigenvalue weighted by Gasteiger charge is 2.44. The number of rotatable bonds is 56.